The lowest BCUT2D eigenvalue weighted by Crippen LogP contribution is -2.36. The molecule has 1 aromatic carbocycles. The minimum Gasteiger partial charge on any atom is -0.494 e. The second kappa shape index (κ2) is 10.0. The minimum atomic E-state index is -0.350. The number of hydrogen-bond donors (Lipinski definition) is 2. The van der Waals surface area contributed by atoms with Crippen LogP contribution in [0, 0.1) is 0 Å². The highest BCUT2D eigenvalue weighted by molar-refractivity contribution is 5.98. The molecular formula is C19H22N2O5. The topological polar surface area (TPSA) is 97.6 Å². The van der Waals surface area contributed by atoms with Crippen molar-refractivity contribution in [3.05, 3.63) is 54.0 Å². The molecular weight excluding hydrogens is 336 g/mol. The van der Waals surface area contributed by atoms with Gasteiger partial charge >= 0.3 is 0 Å². The van der Waals surface area contributed by atoms with Crippen molar-refractivity contribution in [3.63, 3.8) is 0 Å². The van der Waals surface area contributed by atoms with Crippen LogP contribution in [0.5, 0.6) is 5.75 Å². The highest BCUT2D eigenvalue weighted by Gasteiger charge is 2.11. The summed E-state index contributed by atoms with van der Waals surface area (Å²) in [6.45, 7) is 2.56. The van der Waals surface area contributed by atoms with Crippen LogP contribution in [0.4, 0.5) is 0 Å². The van der Waals surface area contributed by atoms with Crippen molar-refractivity contribution in [2.24, 2.45) is 0 Å². The number of benzene rings is 1. The Morgan fingerprint density at radius 1 is 1.00 bits per heavy atom. The normalized spacial score (nSPS) is 10.2. The summed E-state index contributed by atoms with van der Waals surface area (Å²) in [5, 5.41) is 5.11. The summed E-state index contributed by atoms with van der Waals surface area (Å²) in [4.78, 5) is 35.5. The standard InChI is InChI=1S/C19H22N2O5/c1-2-25-15-7-5-14(6-8-15)17(22)9-10-18(23)21-13-19(24)20-12-16-4-3-11-26-16/h3-8,11H,2,9-10,12-13H2,1H3,(H,20,24)(H,21,23). The fraction of sp³-hybridized carbons (Fsp3) is 0.316. The largest absolute Gasteiger partial charge is 0.494 e. The Balaban J connectivity index is 1.65. The molecule has 7 nitrogen and oxygen atoms in total. The highest BCUT2D eigenvalue weighted by Crippen LogP contribution is 2.14. The Labute approximate surface area is 151 Å². The van der Waals surface area contributed by atoms with Crippen LogP contribution in [-0.2, 0) is 16.1 Å². The van der Waals surface area contributed by atoms with E-state index in [9.17, 15) is 14.4 Å². The summed E-state index contributed by atoms with van der Waals surface area (Å²) in [5.41, 5.74) is 0.525. The maximum absolute atomic E-state index is 12.1. The number of ketones is 1. The molecule has 1 heterocycles. The van der Waals surface area contributed by atoms with Crippen LogP contribution in [0.25, 0.3) is 0 Å². The Morgan fingerprint density at radius 3 is 2.42 bits per heavy atom. The number of ether oxygens (including phenoxy) is 1. The molecule has 0 aliphatic carbocycles. The molecule has 2 amide bonds. The zero-order chi connectivity index (χ0) is 18.8. The van der Waals surface area contributed by atoms with E-state index in [0.717, 1.165) is 0 Å². The number of Topliss-reactive ketones (excluding diaryl/α,β-unsaturated/α-hetero) is 1. The van der Waals surface area contributed by atoms with Gasteiger partial charge in [0.05, 0.1) is 26.0 Å². The first-order chi connectivity index (χ1) is 12.6. The molecule has 138 valence electrons. The molecule has 1 aromatic heterocycles. The Morgan fingerprint density at radius 2 is 1.77 bits per heavy atom. The van der Waals surface area contributed by atoms with Gasteiger partial charge in [-0.1, -0.05) is 0 Å². The molecule has 2 N–H and O–H groups in total. The summed E-state index contributed by atoms with van der Waals surface area (Å²) < 4.78 is 10.4. The molecule has 0 bridgehead atoms. The van der Waals surface area contributed by atoms with Crippen molar-refractivity contribution >= 4 is 17.6 Å². The molecule has 2 aromatic rings. The maximum Gasteiger partial charge on any atom is 0.239 e. The first-order valence-electron chi connectivity index (χ1n) is 8.40. The summed E-state index contributed by atoms with van der Waals surface area (Å²) in [6.07, 6.45) is 1.62. The van der Waals surface area contributed by atoms with Crippen LogP contribution in [0.1, 0.15) is 35.9 Å². The fourth-order valence-corrected chi connectivity index (χ4v) is 2.20. The summed E-state index contributed by atoms with van der Waals surface area (Å²) in [5.74, 6) is 0.517. The van der Waals surface area contributed by atoms with Gasteiger partial charge in [-0.05, 0) is 43.3 Å². The van der Waals surface area contributed by atoms with Gasteiger partial charge in [0.1, 0.15) is 11.5 Å². The molecule has 0 fully saturated rings. The minimum absolute atomic E-state index is 0.0253. The van der Waals surface area contributed by atoms with E-state index < -0.39 is 0 Å². The smallest absolute Gasteiger partial charge is 0.239 e. The molecule has 26 heavy (non-hydrogen) atoms. The second-order valence-electron chi connectivity index (χ2n) is 5.51. The van der Waals surface area contributed by atoms with E-state index in [-0.39, 0.29) is 43.5 Å². The summed E-state index contributed by atoms with van der Waals surface area (Å²) in [7, 11) is 0. The van der Waals surface area contributed by atoms with Crippen LogP contribution in [0.2, 0.25) is 0 Å². The van der Waals surface area contributed by atoms with E-state index in [1.54, 1.807) is 36.4 Å². The van der Waals surface area contributed by atoms with Gasteiger partial charge < -0.3 is 19.8 Å². The van der Waals surface area contributed by atoms with E-state index in [1.807, 2.05) is 6.92 Å². The van der Waals surface area contributed by atoms with E-state index in [2.05, 4.69) is 10.6 Å². The van der Waals surface area contributed by atoms with Crippen LogP contribution >= 0.6 is 0 Å². The monoisotopic (exact) mass is 358 g/mol. The van der Waals surface area contributed by atoms with E-state index in [1.165, 1.54) is 6.26 Å². The Kier molecular flexibility index (Phi) is 7.42. The van der Waals surface area contributed by atoms with Gasteiger partial charge in [-0.15, -0.1) is 0 Å². The van der Waals surface area contributed by atoms with Gasteiger partial charge in [-0.2, -0.15) is 0 Å². The number of rotatable bonds is 10. The van der Waals surface area contributed by atoms with Crippen molar-refractivity contribution < 1.29 is 23.5 Å². The molecule has 2 rings (SSSR count). The van der Waals surface area contributed by atoms with Gasteiger partial charge in [-0.3, -0.25) is 14.4 Å². The quantitative estimate of drug-likeness (QED) is 0.634. The first-order valence-corrected chi connectivity index (χ1v) is 8.40. The molecule has 0 saturated carbocycles. The molecule has 0 spiro atoms. The molecule has 7 heteroatoms. The zero-order valence-corrected chi connectivity index (χ0v) is 14.6. The van der Waals surface area contributed by atoms with Crippen molar-refractivity contribution in [1.29, 1.82) is 0 Å². The third kappa shape index (κ3) is 6.43. The number of nitrogens with one attached hydrogen (secondary N) is 2. The molecule has 0 aliphatic heterocycles. The first kappa shape index (κ1) is 19.2. The van der Waals surface area contributed by atoms with E-state index >= 15 is 0 Å². The average molecular weight is 358 g/mol. The van der Waals surface area contributed by atoms with Crippen LogP contribution < -0.4 is 15.4 Å². The van der Waals surface area contributed by atoms with Crippen molar-refractivity contribution in [1.82, 2.24) is 10.6 Å². The lowest BCUT2D eigenvalue weighted by Gasteiger charge is -2.06. The Hall–Kier alpha value is -3.09. The molecule has 0 atom stereocenters. The predicted molar refractivity (Wildman–Crippen MR) is 94.7 cm³/mol. The van der Waals surface area contributed by atoms with Gasteiger partial charge in [0.2, 0.25) is 11.8 Å². The summed E-state index contributed by atoms with van der Waals surface area (Å²) in [6, 6.07) is 10.3. The highest BCUT2D eigenvalue weighted by atomic mass is 16.5. The fourth-order valence-electron chi connectivity index (χ4n) is 2.20. The molecule has 0 aliphatic rings. The Bertz CT molecular complexity index is 723. The van der Waals surface area contributed by atoms with Crippen molar-refractivity contribution in [3.8, 4) is 5.75 Å². The van der Waals surface area contributed by atoms with E-state index in [4.69, 9.17) is 9.15 Å². The number of hydrogen-bond acceptors (Lipinski definition) is 5. The molecule has 0 radical (unpaired) electrons. The number of furan rings is 1. The predicted octanol–water partition coefficient (Wildman–Crippen LogP) is 2.07. The van der Waals surface area contributed by atoms with Crippen molar-refractivity contribution in [2.75, 3.05) is 13.2 Å². The van der Waals surface area contributed by atoms with Crippen LogP contribution in [0.3, 0.4) is 0 Å². The average Bonchev–Trinajstić information content (AvgIpc) is 3.17. The summed E-state index contributed by atoms with van der Waals surface area (Å²) >= 11 is 0. The third-order valence-corrected chi connectivity index (χ3v) is 3.55. The van der Waals surface area contributed by atoms with Gasteiger partial charge in [0.25, 0.3) is 0 Å². The SMILES string of the molecule is CCOc1ccc(C(=O)CCC(=O)NCC(=O)NCc2ccco2)cc1. The van der Waals surface area contributed by atoms with Gasteiger partial charge in [0.15, 0.2) is 5.78 Å². The maximum atomic E-state index is 12.1. The lowest BCUT2D eigenvalue weighted by molar-refractivity contribution is -0.126. The van der Waals surface area contributed by atoms with Crippen LogP contribution in [0.15, 0.2) is 47.1 Å². The number of amides is 2. The van der Waals surface area contributed by atoms with Gasteiger partial charge in [0, 0.05) is 18.4 Å². The van der Waals surface area contributed by atoms with Gasteiger partial charge in [-0.25, -0.2) is 0 Å². The zero-order valence-electron chi connectivity index (χ0n) is 14.6. The third-order valence-electron chi connectivity index (χ3n) is 3.55. The lowest BCUT2D eigenvalue weighted by atomic mass is 10.1. The number of carbonyl (C=O) groups excluding carboxylic acids is 3. The van der Waals surface area contributed by atoms with E-state index in [0.29, 0.717) is 23.7 Å². The van der Waals surface area contributed by atoms with Crippen molar-refractivity contribution in [2.45, 2.75) is 26.3 Å². The van der Waals surface area contributed by atoms with Crippen LogP contribution in [-0.4, -0.2) is 30.7 Å². The second-order valence-corrected chi connectivity index (χ2v) is 5.51. The molecule has 0 saturated heterocycles. The number of carbonyl (C=O) groups is 3. The molecule has 0 unspecified atom stereocenters.